The van der Waals surface area contributed by atoms with Crippen molar-refractivity contribution in [1.29, 1.82) is 0 Å². The molecule has 1 amide bonds. The Hall–Kier alpha value is -1.33. The van der Waals surface area contributed by atoms with Crippen molar-refractivity contribution >= 4 is 5.91 Å². The highest BCUT2D eigenvalue weighted by atomic mass is 16.7. The Morgan fingerprint density at radius 3 is 1.15 bits per heavy atom. The zero-order valence-electron chi connectivity index (χ0n) is 49.6. The largest absolute Gasteiger partial charge is 0.394 e. The van der Waals surface area contributed by atoms with Crippen molar-refractivity contribution in [3.63, 3.8) is 0 Å². The van der Waals surface area contributed by atoms with Gasteiger partial charge < -0.3 is 40.3 Å². The van der Waals surface area contributed by atoms with Crippen molar-refractivity contribution in [3.05, 3.63) is 24.3 Å². The summed E-state index contributed by atoms with van der Waals surface area (Å²) in [5, 5.41) is 54.9. The molecule has 75 heavy (non-hydrogen) atoms. The van der Waals surface area contributed by atoms with Crippen LogP contribution < -0.4 is 5.32 Å². The molecular formula is C66H127NO8. The fraction of sp³-hybridized carbons (Fsp3) is 0.924. The van der Waals surface area contributed by atoms with E-state index in [1.165, 1.54) is 263 Å². The summed E-state index contributed by atoms with van der Waals surface area (Å²) in [6, 6.07) is -0.719. The van der Waals surface area contributed by atoms with Crippen LogP contribution in [0.5, 0.6) is 0 Å². The summed E-state index contributed by atoms with van der Waals surface area (Å²) in [5.41, 5.74) is 0. The van der Waals surface area contributed by atoms with E-state index in [9.17, 15) is 30.3 Å². The van der Waals surface area contributed by atoms with E-state index in [1.807, 2.05) is 0 Å². The summed E-state index contributed by atoms with van der Waals surface area (Å²) < 4.78 is 11.4. The number of amides is 1. The molecule has 0 bridgehead atoms. The van der Waals surface area contributed by atoms with Crippen LogP contribution in [0.15, 0.2) is 24.3 Å². The lowest BCUT2D eigenvalue weighted by atomic mass is 9.99. The van der Waals surface area contributed by atoms with E-state index in [0.717, 1.165) is 44.9 Å². The van der Waals surface area contributed by atoms with Gasteiger partial charge in [-0.3, -0.25) is 4.79 Å². The van der Waals surface area contributed by atoms with Crippen molar-refractivity contribution in [2.45, 2.75) is 378 Å². The smallest absolute Gasteiger partial charge is 0.220 e. The second-order valence-electron chi connectivity index (χ2n) is 23.3. The van der Waals surface area contributed by atoms with Gasteiger partial charge in [-0.25, -0.2) is 0 Å². The van der Waals surface area contributed by atoms with Crippen molar-refractivity contribution in [2.24, 2.45) is 0 Å². The minimum atomic E-state index is -1.55. The Bertz CT molecular complexity index is 1230. The summed E-state index contributed by atoms with van der Waals surface area (Å²) in [5.74, 6) is -0.139. The van der Waals surface area contributed by atoms with Crippen molar-refractivity contribution in [1.82, 2.24) is 5.32 Å². The first-order valence-corrected chi connectivity index (χ1v) is 33.0. The topological polar surface area (TPSA) is 149 Å². The summed E-state index contributed by atoms with van der Waals surface area (Å²) in [6.07, 6.45) is 65.1. The van der Waals surface area contributed by atoms with Crippen LogP contribution in [0.2, 0.25) is 0 Å². The Morgan fingerprint density at radius 1 is 0.453 bits per heavy atom. The van der Waals surface area contributed by atoms with Crippen molar-refractivity contribution in [2.75, 3.05) is 13.2 Å². The number of rotatable bonds is 58. The van der Waals surface area contributed by atoms with E-state index in [0.29, 0.717) is 12.8 Å². The minimum Gasteiger partial charge on any atom is -0.394 e. The summed E-state index contributed by atoms with van der Waals surface area (Å²) in [7, 11) is 0. The van der Waals surface area contributed by atoms with Crippen LogP contribution in [0.1, 0.15) is 335 Å². The van der Waals surface area contributed by atoms with Gasteiger partial charge in [0.25, 0.3) is 0 Å². The van der Waals surface area contributed by atoms with E-state index in [-0.39, 0.29) is 12.5 Å². The Kier molecular flexibility index (Phi) is 53.5. The number of allylic oxidation sites excluding steroid dienone is 4. The minimum absolute atomic E-state index is 0.135. The first-order valence-electron chi connectivity index (χ1n) is 33.0. The molecular weight excluding hydrogens is 935 g/mol. The van der Waals surface area contributed by atoms with E-state index < -0.39 is 49.5 Å². The zero-order valence-corrected chi connectivity index (χ0v) is 49.6. The van der Waals surface area contributed by atoms with E-state index in [4.69, 9.17) is 9.47 Å². The molecule has 1 rings (SSSR count). The molecule has 0 aromatic carbocycles. The normalized spacial score (nSPS) is 18.9. The maximum atomic E-state index is 13.1. The highest BCUT2D eigenvalue weighted by Gasteiger charge is 2.44. The number of aliphatic hydroxyl groups is 5. The summed E-state index contributed by atoms with van der Waals surface area (Å²) >= 11 is 0. The molecule has 7 atom stereocenters. The molecule has 0 aliphatic carbocycles. The van der Waals surface area contributed by atoms with Gasteiger partial charge in [-0.15, -0.1) is 0 Å². The Balaban J connectivity index is 2.14. The molecule has 6 N–H and O–H groups in total. The molecule has 1 saturated heterocycles. The fourth-order valence-electron chi connectivity index (χ4n) is 10.8. The SMILES string of the molecule is CCCCCCC/C=C\C/C=C\CCCCCCCCCCCCCCCC(=O)NC(COC1OC(CO)C(O)C(O)C1O)C(O)CCCCCCCCCCCCCCCCCCCCCCCCCCCCC. The number of carbonyl (C=O) groups is 1. The molecule has 9 heteroatoms. The molecule has 7 unspecified atom stereocenters. The van der Waals surface area contributed by atoms with Gasteiger partial charge in [0.15, 0.2) is 6.29 Å². The van der Waals surface area contributed by atoms with Crippen molar-refractivity contribution in [3.8, 4) is 0 Å². The number of hydrogen-bond acceptors (Lipinski definition) is 8. The number of hydrogen-bond donors (Lipinski definition) is 6. The van der Waals surface area contributed by atoms with Gasteiger partial charge in [0, 0.05) is 6.42 Å². The average Bonchev–Trinajstić information content (AvgIpc) is 3.41. The molecule has 0 radical (unpaired) electrons. The second kappa shape index (κ2) is 56.0. The Morgan fingerprint density at radius 2 is 0.787 bits per heavy atom. The molecule has 0 aromatic heterocycles. The molecule has 444 valence electrons. The van der Waals surface area contributed by atoms with Crippen LogP contribution in [-0.2, 0) is 14.3 Å². The van der Waals surface area contributed by atoms with Gasteiger partial charge in [0.1, 0.15) is 24.4 Å². The molecule has 9 nitrogen and oxygen atoms in total. The van der Waals surface area contributed by atoms with E-state index >= 15 is 0 Å². The highest BCUT2D eigenvalue weighted by molar-refractivity contribution is 5.76. The van der Waals surface area contributed by atoms with Crippen molar-refractivity contribution < 1.29 is 39.8 Å². The monoisotopic (exact) mass is 1060 g/mol. The first kappa shape index (κ1) is 71.7. The molecule has 0 spiro atoms. The predicted molar refractivity (Wildman–Crippen MR) is 318 cm³/mol. The lowest BCUT2D eigenvalue weighted by molar-refractivity contribution is -0.302. The number of unbranched alkanes of at least 4 members (excludes halogenated alkanes) is 44. The lowest BCUT2D eigenvalue weighted by Gasteiger charge is -2.40. The van der Waals surface area contributed by atoms with E-state index in [2.05, 4.69) is 43.5 Å². The fourth-order valence-corrected chi connectivity index (χ4v) is 10.8. The lowest BCUT2D eigenvalue weighted by Crippen LogP contribution is -2.60. The number of carbonyl (C=O) groups excluding carboxylic acids is 1. The van der Waals surface area contributed by atoms with Gasteiger partial charge in [0.05, 0.1) is 25.4 Å². The van der Waals surface area contributed by atoms with Crippen LogP contribution in [0, 0.1) is 0 Å². The maximum Gasteiger partial charge on any atom is 0.220 e. The number of ether oxygens (including phenoxy) is 2. The molecule has 0 aromatic rings. The molecule has 0 saturated carbocycles. The average molecular weight is 1060 g/mol. The zero-order chi connectivity index (χ0) is 54.3. The van der Waals surface area contributed by atoms with Gasteiger partial charge in [-0.2, -0.15) is 0 Å². The molecule has 1 heterocycles. The van der Waals surface area contributed by atoms with Gasteiger partial charge in [0.2, 0.25) is 5.91 Å². The van der Waals surface area contributed by atoms with Crippen LogP contribution in [0.25, 0.3) is 0 Å². The highest BCUT2D eigenvalue weighted by Crippen LogP contribution is 2.24. The molecule has 1 aliphatic rings. The molecule has 1 fully saturated rings. The summed E-state index contributed by atoms with van der Waals surface area (Å²) in [4.78, 5) is 13.1. The third-order valence-electron chi connectivity index (χ3n) is 16.1. The molecule has 1 aliphatic heterocycles. The second-order valence-corrected chi connectivity index (χ2v) is 23.3. The standard InChI is InChI=1S/C66H127NO8/c1-3-5-7-9-11-13-15-17-19-21-23-25-27-29-30-32-33-35-37-39-41-43-45-47-49-51-53-55-60(69)59(58-74-66-65(73)64(72)63(71)61(57-68)75-66)67-62(70)56-54-52-50-48-46-44-42-40-38-36-34-31-28-26-24-22-20-18-16-14-12-10-8-6-4-2/h16,18,22,24,59-61,63-66,68-69,71-73H,3-15,17,19-21,23,25-58H2,1-2H3,(H,67,70)/b18-16-,24-22-. The van der Waals surface area contributed by atoms with Gasteiger partial charge >= 0.3 is 0 Å². The van der Waals surface area contributed by atoms with Gasteiger partial charge in [-0.05, 0) is 44.9 Å². The third-order valence-corrected chi connectivity index (χ3v) is 16.1. The van der Waals surface area contributed by atoms with Crippen LogP contribution in [-0.4, -0.2) is 87.5 Å². The van der Waals surface area contributed by atoms with Gasteiger partial charge in [-0.1, -0.05) is 308 Å². The third kappa shape index (κ3) is 45.1. The van der Waals surface area contributed by atoms with E-state index in [1.54, 1.807) is 0 Å². The van der Waals surface area contributed by atoms with Crippen LogP contribution in [0.4, 0.5) is 0 Å². The Labute approximate surface area is 464 Å². The quantitative estimate of drug-likeness (QED) is 0.0261. The first-order chi connectivity index (χ1) is 36.8. The number of nitrogens with one attached hydrogen (secondary N) is 1. The number of aliphatic hydroxyl groups excluding tert-OH is 5. The summed E-state index contributed by atoms with van der Waals surface area (Å²) in [6.45, 7) is 3.88. The predicted octanol–water partition coefficient (Wildman–Crippen LogP) is 17.3. The maximum absolute atomic E-state index is 13.1. The van der Waals surface area contributed by atoms with Crippen LogP contribution in [0.3, 0.4) is 0 Å². The van der Waals surface area contributed by atoms with Crippen LogP contribution >= 0.6 is 0 Å².